The number of carbonyl (C=O) groups is 2. The molecular formula is C31H64ClN3O3. The predicted molar refractivity (Wildman–Crippen MR) is 165 cm³/mol. The zero-order chi connectivity index (χ0) is 27.2. The van der Waals surface area contributed by atoms with Crippen LogP contribution in [0.1, 0.15) is 162 Å². The Morgan fingerprint density at radius 2 is 1.08 bits per heavy atom. The van der Waals surface area contributed by atoms with Crippen molar-refractivity contribution in [1.29, 1.82) is 0 Å². The molecule has 2 amide bonds. The van der Waals surface area contributed by atoms with Gasteiger partial charge < -0.3 is 21.1 Å². The summed E-state index contributed by atoms with van der Waals surface area (Å²) in [6.07, 6.45) is 27.1. The van der Waals surface area contributed by atoms with Crippen LogP contribution in [0.2, 0.25) is 0 Å². The van der Waals surface area contributed by atoms with Gasteiger partial charge in [-0.05, 0) is 38.6 Å². The van der Waals surface area contributed by atoms with Crippen LogP contribution < -0.4 is 16.4 Å². The smallest absolute Gasteiger partial charge is 0.407 e. The Hall–Kier alpha value is -1.01. The number of hydrogen-bond acceptors (Lipinski definition) is 4. The molecule has 0 saturated heterocycles. The van der Waals surface area contributed by atoms with Gasteiger partial charge in [0.25, 0.3) is 0 Å². The van der Waals surface area contributed by atoms with Crippen molar-refractivity contribution in [2.24, 2.45) is 5.73 Å². The molecule has 0 rings (SSSR count). The van der Waals surface area contributed by atoms with Gasteiger partial charge in [0.2, 0.25) is 5.91 Å². The second-order valence-electron chi connectivity index (χ2n) is 10.8. The Kier molecular flexibility index (Phi) is 33.2. The molecule has 1 unspecified atom stereocenters. The Bertz CT molecular complexity index is 509. The van der Waals surface area contributed by atoms with Crippen LogP contribution >= 0.6 is 12.4 Å². The van der Waals surface area contributed by atoms with Crippen LogP contribution in [0.15, 0.2) is 0 Å². The number of rotatable bonds is 28. The van der Waals surface area contributed by atoms with Crippen molar-refractivity contribution in [2.75, 3.05) is 19.7 Å². The zero-order valence-corrected chi connectivity index (χ0v) is 26.0. The monoisotopic (exact) mass is 561 g/mol. The van der Waals surface area contributed by atoms with Gasteiger partial charge in [-0.3, -0.25) is 4.79 Å². The summed E-state index contributed by atoms with van der Waals surface area (Å²) < 4.78 is 5.36. The number of unbranched alkanes of at least 4 members (excludes halogenated alkanes) is 19. The minimum atomic E-state index is -0.546. The second-order valence-corrected chi connectivity index (χ2v) is 10.8. The average molecular weight is 562 g/mol. The summed E-state index contributed by atoms with van der Waals surface area (Å²) >= 11 is 0. The van der Waals surface area contributed by atoms with E-state index in [1.165, 1.54) is 103 Å². The normalized spacial score (nSPS) is 11.6. The van der Waals surface area contributed by atoms with E-state index in [0.717, 1.165) is 38.5 Å². The number of hydrogen-bond donors (Lipinski definition) is 3. The lowest BCUT2D eigenvalue weighted by Crippen LogP contribution is -2.47. The average Bonchev–Trinajstić information content (AvgIpc) is 2.89. The van der Waals surface area contributed by atoms with Gasteiger partial charge in [-0.25, -0.2) is 4.79 Å². The molecule has 0 aromatic rings. The SMILES string of the molecule is CCCCCCCCCCCCCCCCOC(=O)NC(CCCCN)C(=O)NCCCCCCCC.Cl. The first-order chi connectivity index (χ1) is 18.2. The third-order valence-electron chi connectivity index (χ3n) is 7.12. The lowest BCUT2D eigenvalue weighted by molar-refractivity contribution is -0.123. The van der Waals surface area contributed by atoms with Crippen LogP contribution in [-0.4, -0.2) is 37.7 Å². The molecular weight excluding hydrogens is 498 g/mol. The third kappa shape index (κ3) is 28.0. The van der Waals surface area contributed by atoms with Gasteiger partial charge in [-0.15, -0.1) is 12.4 Å². The number of nitrogens with one attached hydrogen (secondary N) is 2. The Morgan fingerprint density at radius 1 is 0.632 bits per heavy atom. The molecule has 38 heavy (non-hydrogen) atoms. The van der Waals surface area contributed by atoms with Gasteiger partial charge in [0.1, 0.15) is 6.04 Å². The van der Waals surface area contributed by atoms with Crippen molar-refractivity contribution in [2.45, 2.75) is 168 Å². The van der Waals surface area contributed by atoms with Crippen molar-refractivity contribution >= 4 is 24.4 Å². The number of carbonyl (C=O) groups excluding carboxylic acids is 2. The Balaban J connectivity index is 0. The maximum absolute atomic E-state index is 12.6. The van der Waals surface area contributed by atoms with E-state index < -0.39 is 12.1 Å². The van der Waals surface area contributed by atoms with Crippen LogP contribution in [0.3, 0.4) is 0 Å². The van der Waals surface area contributed by atoms with Gasteiger partial charge in [0.15, 0.2) is 0 Å². The minimum Gasteiger partial charge on any atom is -0.450 e. The topological polar surface area (TPSA) is 93.4 Å². The Morgan fingerprint density at radius 3 is 1.55 bits per heavy atom. The molecule has 0 saturated carbocycles. The van der Waals surface area contributed by atoms with Gasteiger partial charge in [0, 0.05) is 6.54 Å². The molecule has 228 valence electrons. The van der Waals surface area contributed by atoms with Crippen molar-refractivity contribution < 1.29 is 14.3 Å². The summed E-state index contributed by atoms with van der Waals surface area (Å²) in [7, 11) is 0. The maximum atomic E-state index is 12.6. The lowest BCUT2D eigenvalue weighted by atomic mass is 10.0. The van der Waals surface area contributed by atoms with E-state index in [-0.39, 0.29) is 18.3 Å². The second kappa shape index (κ2) is 32.2. The van der Waals surface area contributed by atoms with E-state index in [9.17, 15) is 9.59 Å². The quantitative estimate of drug-likeness (QED) is 0.0833. The molecule has 6 nitrogen and oxygen atoms in total. The molecule has 0 aromatic carbocycles. The molecule has 0 aromatic heterocycles. The highest BCUT2D eigenvalue weighted by molar-refractivity contribution is 5.85. The molecule has 0 bridgehead atoms. The Labute approximate surface area is 242 Å². The highest BCUT2D eigenvalue weighted by atomic mass is 35.5. The molecule has 0 aliphatic carbocycles. The van der Waals surface area contributed by atoms with E-state index in [2.05, 4.69) is 24.5 Å². The van der Waals surface area contributed by atoms with E-state index >= 15 is 0 Å². The van der Waals surface area contributed by atoms with Crippen LogP contribution in [0.5, 0.6) is 0 Å². The summed E-state index contributed by atoms with van der Waals surface area (Å²) in [4.78, 5) is 24.9. The largest absolute Gasteiger partial charge is 0.450 e. The number of ether oxygens (including phenoxy) is 1. The summed E-state index contributed by atoms with van der Waals surface area (Å²) in [5.74, 6) is -0.112. The highest BCUT2D eigenvalue weighted by Gasteiger charge is 2.20. The first kappa shape index (κ1) is 39.1. The highest BCUT2D eigenvalue weighted by Crippen LogP contribution is 2.13. The number of halogens is 1. The molecule has 0 fully saturated rings. The summed E-state index contributed by atoms with van der Waals surface area (Å²) in [6, 6.07) is -0.546. The van der Waals surface area contributed by atoms with Crippen LogP contribution in [0, 0.1) is 0 Å². The van der Waals surface area contributed by atoms with Gasteiger partial charge >= 0.3 is 6.09 Å². The van der Waals surface area contributed by atoms with Crippen LogP contribution in [-0.2, 0) is 9.53 Å². The molecule has 7 heteroatoms. The van der Waals surface area contributed by atoms with E-state index in [1.807, 2.05) is 0 Å². The summed E-state index contributed by atoms with van der Waals surface area (Å²) in [6.45, 7) is 6.15. The number of nitrogens with two attached hydrogens (primary N) is 1. The van der Waals surface area contributed by atoms with Crippen molar-refractivity contribution in [1.82, 2.24) is 10.6 Å². The summed E-state index contributed by atoms with van der Waals surface area (Å²) in [5, 5.41) is 5.77. The first-order valence-electron chi connectivity index (χ1n) is 16.1. The fourth-order valence-corrected chi connectivity index (χ4v) is 4.65. The van der Waals surface area contributed by atoms with E-state index in [1.54, 1.807) is 0 Å². The predicted octanol–water partition coefficient (Wildman–Crippen LogP) is 8.59. The molecule has 0 aliphatic rings. The third-order valence-corrected chi connectivity index (χ3v) is 7.12. The zero-order valence-electron chi connectivity index (χ0n) is 25.2. The molecule has 0 radical (unpaired) electrons. The lowest BCUT2D eigenvalue weighted by Gasteiger charge is -2.18. The molecule has 0 spiro atoms. The fourth-order valence-electron chi connectivity index (χ4n) is 4.65. The molecule has 4 N–H and O–H groups in total. The van der Waals surface area contributed by atoms with E-state index in [0.29, 0.717) is 26.1 Å². The molecule has 0 aliphatic heterocycles. The molecule has 1 atom stereocenters. The fraction of sp³-hybridized carbons (Fsp3) is 0.935. The van der Waals surface area contributed by atoms with Crippen LogP contribution in [0.4, 0.5) is 4.79 Å². The summed E-state index contributed by atoms with van der Waals surface area (Å²) in [5.41, 5.74) is 5.60. The van der Waals surface area contributed by atoms with Gasteiger partial charge in [0.05, 0.1) is 6.61 Å². The minimum absolute atomic E-state index is 0. The van der Waals surface area contributed by atoms with Crippen LogP contribution in [0.25, 0.3) is 0 Å². The first-order valence-corrected chi connectivity index (χ1v) is 16.1. The van der Waals surface area contributed by atoms with Crippen molar-refractivity contribution in [3.8, 4) is 0 Å². The van der Waals surface area contributed by atoms with Gasteiger partial charge in [-0.1, -0.05) is 129 Å². The number of amides is 2. The van der Waals surface area contributed by atoms with E-state index in [4.69, 9.17) is 10.5 Å². The molecule has 0 heterocycles. The number of alkyl carbamates (subject to hydrolysis) is 1. The van der Waals surface area contributed by atoms with Crippen molar-refractivity contribution in [3.05, 3.63) is 0 Å². The van der Waals surface area contributed by atoms with Crippen molar-refractivity contribution in [3.63, 3.8) is 0 Å². The maximum Gasteiger partial charge on any atom is 0.407 e. The standard InChI is InChI=1S/C31H63N3O3.ClH/c1-3-5-7-9-11-12-13-14-15-16-17-18-20-24-28-37-31(36)34-29(25-21-22-26-32)30(35)33-27-23-19-10-8-6-4-2;/h29H,3-28,32H2,1-2H3,(H,33,35)(H,34,36);1H. The van der Waals surface area contributed by atoms with Gasteiger partial charge in [-0.2, -0.15) is 0 Å².